The molecular formula is C12H19N3O. The standard InChI is InChI=1S/C12H19N3O/c1-3-15(2)12(16)14-9-11(13)10-7-5-4-6-8-10/h4-8,11H,3,9,13H2,1-2H3,(H,14,16). The van der Waals surface area contributed by atoms with Gasteiger partial charge in [-0.2, -0.15) is 0 Å². The molecule has 1 aromatic carbocycles. The van der Waals surface area contributed by atoms with E-state index in [0.717, 1.165) is 5.56 Å². The van der Waals surface area contributed by atoms with E-state index in [-0.39, 0.29) is 12.1 Å². The summed E-state index contributed by atoms with van der Waals surface area (Å²) in [5.74, 6) is 0. The van der Waals surface area contributed by atoms with Crippen LogP contribution in [0.1, 0.15) is 18.5 Å². The molecule has 0 spiro atoms. The predicted molar refractivity (Wildman–Crippen MR) is 65.1 cm³/mol. The summed E-state index contributed by atoms with van der Waals surface area (Å²) in [7, 11) is 1.75. The second-order valence-corrected chi connectivity index (χ2v) is 3.72. The van der Waals surface area contributed by atoms with Crippen LogP contribution in [0.25, 0.3) is 0 Å². The van der Waals surface area contributed by atoms with Crippen molar-refractivity contribution >= 4 is 6.03 Å². The van der Waals surface area contributed by atoms with Gasteiger partial charge >= 0.3 is 6.03 Å². The topological polar surface area (TPSA) is 58.4 Å². The maximum atomic E-state index is 11.5. The van der Waals surface area contributed by atoms with Crippen LogP contribution in [0.4, 0.5) is 4.79 Å². The van der Waals surface area contributed by atoms with Gasteiger partial charge in [0.25, 0.3) is 0 Å². The van der Waals surface area contributed by atoms with Gasteiger partial charge < -0.3 is 16.0 Å². The zero-order valence-corrected chi connectivity index (χ0v) is 9.81. The molecule has 1 aromatic rings. The minimum Gasteiger partial charge on any atom is -0.336 e. The highest BCUT2D eigenvalue weighted by Crippen LogP contribution is 2.07. The van der Waals surface area contributed by atoms with E-state index in [1.165, 1.54) is 0 Å². The van der Waals surface area contributed by atoms with Gasteiger partial charge in [-0.25, -0.2) is 4.79 Å². The fourth-order valence-electron chi connectivity index (χ4n) is 1.29. The summed E-state index contributed by atoms with van der Waals surface area (Å²) < 4.78 is 0. The first-order chi connectivity index (χ1) is 7.65. The largest absolute Gasteiger partial charge is 0.336 e. The summed E-state index contributed by atoms with van der Waals surface area (Å²) in [5, 5.41) is 2.79. The summed E-state index contributed by atoms with van der Waals surface area (Å²) in [6.45, 7) is 3.07. The smallest absolute Gasteiger partial charge is 0.317 e. The number of carbonyl (C=O) groups is 1. The minimum atomic E-state index is -0.157. The number of benzene rings is 1. The van der Waals surface area contributed by atoms with Gasteiger partial charge in [-0.15, -0.1) is 0 Å². The second-order valence-electron chi connectivity index (χ2n) is 3.72. The monoisotopic (exact) mass is 221 g/mol. The fraction of sp³-hybridized carbons (Fsp3) is 0.417. The number of amides is 2. The summed E-state index contributed by atoms with van der Waals surface area (Å²) >= 11 is 0. The van der Waals surface area contributed by atoms with Crippen LogP contribution < -0.4 is 11.1 Å². The molecule has 3 N–H and O–H groups in total. The first-order valence-corrected chi connectivity index (χ1v) is 5.44. The van der Waals surface area contributed by atoms with Crippen molar-refractivity contribution in [3.8, 4) is 0 Å². The molecule has 1 rings (SSSR count). The summed E-state index contributed by atoms with van der Waals surface area (Å²) in [4.78, 5) is 13.1. The highest BCUT2D eigenvalue weighted by molar-refractivity contribution is 5.73. The van der Waals surface area contributed by atoms with E-state index >= 15 is 0 Å². The van der Waals surface area contributed by atoms with Crippen molar-refractivity contribution in [2.75, 3.05) is 20.1 Å². The first kappa shape index (κ1) is 12.5. The van der Waals surface area contributed by atoms with Gasteiger partial charge in [0.05, 0.1) is 0 Å². The molecule has 0 bridgehead atoms. The Morgan fingerprint density at radius 1 is 1.44 bits per heavy atom. The van der Waals surface area contributed by atoms with Crippen molar-refractivity contribution in [2.45, 2.75) is 13.0 Å². The maximum absolute atomic E-state index is 11.5. The molecule has 0 saturated carbocycles. The van der Waals surface area contributed by atoms with E-state index in [4.69, 9.17) is 5.73 Å². The number of rotatable bonds is 4. The number of urea groups is 1. The SMILES string of the molecule is CCN(C)C(=O)NCC(N)c1ccccc1. The molecule has 4 nitrogen and oxygen atoms in total. The lowest BCUT2D eigenvalue weighted by molar-refractivity contribution is 0.210. The van der Waals surface area contributed by atoms with Crippen LogP contribution in [0.15, 0.2) is 30.3 Å². The average Bonchev–Trinajstić information content (AvgIpc) is 2.35. The summed E-state index contributed by atoms with van der Waals surface area (Å²) in [6, 6.07) is 9.49. The van der Waals surface area contributed by atoms with Crippen LogP contribution >= 0.6 is 0 Å². The Morgan fingerprint density at radius 3 is 2.62 bits per heavy atom. The second kappa shape index (κ2) is 6.12. The van der Waals surface area contributed by atoms with Gasteiger partial charge in [-0.1, -0.05) is 30.3 Å². The molecule has 0 heterocycles. The van der Waals surface area contributed by atoms with Crippen molar-refractivity contribution in [1.82, 2.24) is 10.2 Å². The Hall–Kier alpha value is -1.55. The molecule has 0 saturated heterocycles. The molecule has 1 unspecified atom stereocenters. The van der Waals surface area contributed by atoms with Crippen molar-refractivity contribution in [1.29, 1.82) is 0 Å². The van der Waals surface area contributed by atoms with Crippen molar-refractivity contribution in [2.24, 2.45) is 5.73 Å². The molecular weight excluding hydrogens is 202 g/mol. The van der Waals surface area contributed by atoms with Gasteiger partial charge in [0.15, 0.2) is 0 Å². The number of nitrogens with one attached hydrogen (secondary N) is 1. The Balaban J connectivity index is 2.42. The Kier molecular flexibility index (Phi) is 4.79. The lowest BCUT2D eigenvalue weighted by Crippen LogP contribution is -2.40. The van der Waals surface area contributed by atoms with E-state index < -0.39 is 0 Å². The van der Waals surface area contributed by atoms with Gasteiger partial charge in [0.2, 0.25) is 0 Å². The Labute approximate surface area is 96.4 Å². The van der Waals surface area contributed by atoms with E-state index in [1.807, 2.05) is 37.3 Å². The van der Waals surface area contributed by atoms with Crippen LogP contribution in [0.2, 0.25) is 0 Å². The van der Waals surface area contributed by atoms with E-state index in [1.54, 1.807) is 11.9 Å². The quantitative estimate of drug-likeness (QED) is 0.806. The molecule has 0 aliphatic heterocycles. The number of nitrogens with two attached hydrogens (primary N) is 1. The van der Waals surface area contributed by atoms with Gasteiger partial charge in [0.1, 0.15) is 0 Å². The third kappa shape index (κ3) is 3.55. The fourth-order valence-corrected chi connectivity index (χ4v) is 1.29. The van der Waals surface area contributed by atoms with Crippen LogP contribution in [-0.2, 0) is 0 Å². The Bertz CT molecular complexity index is 326. The molecule has 0 aliphatic rings. The number of carbonyl (C=O) groups excluding carboxylic acids is 1. The predicted octanol–water partition coefficient (Wildman–Crippen LogP) is 1.35. The highest BCUT2D eigenvalue weighted by atomic mass is 16.2. The maximum Gasteiger partial charge on any atom is 0.317 e. The molecule has 0 aliphatic carbocycles. The van der Waals surface area contributed by atoms with Gasteiger partial charge in [0, 0.05) is 26.2 Å². The third-order valence-corrected chi connectivity index (χ3v) is 2.52. The van der Waals surface area contributed by atoms with Gasteiger partial charge in [-0.3, -0.25) is 0 Å². The van der Waals surface area contributed by atoms with Crippen LogP contribution in [-0.4, -0.2) is 31.1 Å². The molecule has 16 heavy (non-hydrogen) atoms. The van der Waals surface area contributed by atoms with Crippen molar-refractivity contribution in [3.05, 3.63) is 35.9 Å². The molecule has 0 fully saturated rings. The van der Waals surface area contributed by atoms with E-state index in [2.05, 4.69) is 5.32 Å². The third-order valence-electron chi connectivity index (χ3n) is 2.52. The molecule has 2 amide bonds. The molecule has 0 radical (unpaired) electrons. The van der Waals surface area contributed by atoms with Crippen molar-refractivity contribution < 1.29 is 4.79 Å². The first-order valence-electron chi connectivity index (χ1n) is 5.44. The van der Waals surface area contributed by atoms with Gasteiger partial charge in [-0.05, 0) is 12.5 Å². The van der Waals surface area contributed by atoms with Crippen molar-refractivity contribution in [3.63, 3.8) is 0 Å². The average molecular weight is 221 g/mol. The Morgan fingerprint density at radius 2 is 2.06 bits per heavy atom. The minimum absolute atomic E-state index is 0.0890. The van der Waals surface area contributed by atoms with Crippen LogP contribution in [0.3, 0.4) is 0 Å². The zero-order chi connectivity index (χ0) is 12.0. The molecule has 0 aromatic heterocycles. The normalized spacial score (nSPS) is 11.9. The number of hydrogen-bond acceptors (Lipinski definition) is 2. The lowest BCUT2D eigenvalue weighted by atomic mass is 10.1. The molecule has 88 valence electrons. The van der Waals surface area contributed by atoms with Crippen LogP contribution in [0, 0.1) is 0 Å². The molecule has 4 heteroatoms. The summed E-state index contributed by atoms with van der Waals surface area (Å²) in [5.41, 5.74) is 6.98. The lowest BCUT2D eigenvalue weighted by Gasteiger charge is -2.18. The highest BCUT2D eigenvalue weighted by Gasteiger charge is 2.09. The van der Waals surface area contributed by atoms with Crippen LogP contribution in [0.5, 0.6) is 0 Å². The van der Waals surface area contributed by atoms with E-state index in [9.17, 15) is 4.79 Å². The number of nitrogens with zero attached hydrogens (tertiary/aromatic N) is 1. The molecule has 1 atom stereocenters. The number of hydrogen-bond donors (Lipinski definition) is 2. The van der Waals surface area contributed by atoms with E-state index in [0.29, 0.717) is 13.1 Å². The summed E-state index contributed by atoms with van der Waals surface area (Å²) in [6.07, 6.45) is 0. The zero-order valence-electron chi connectivity index (χ0n) is 9.81.